The van der Waals surface area contributed by atoms with Crippen LogP contribution in [0.1, 0.15) is 37.4 Å². The van der Waals surface area contributed by atoms with Crippen molar-refractivity contribution in [2.24, 2.45) is 5.92 Å². The van der Waals surface area contributed by atoms with Crippen LogP contribution in [0.3, 0.4) is 0 Å². The van der Waals surface area contributed by atoms with Crippen molar-refractivity contribution in [1.29, 1.82) is 0 Å². The highest BCUT2D eigenvalue weighted by molar-refractivity contribution is 6.19. The second-order valence-corrected chi connectivity index (χ2v) is 11.5. The number of anilines is 2. The van der Waals surface area contributed by atoms with E-state index in [9.17, 15) is 14.4 Å². The van der Waals surface area contributed by atoms with Gasteiger partial charge in [0, 0.05) is 28.4 Å². The third-order valence-corrected chi connectivity index (χ3v) is 9.28. The van der Waals surface area contributed by atoms with E-state index in [-0.39, 0.29) is 17.5 Å². The number of fused-ring (bicyclic) bond motifs is 8. The summed E-state index contributed by atoms with van der Waals surface area (Å²) < 4.78 is 0. The van der Waals surface area contributed by atoms with E-state index in [4.69, 9.17) is 4.98 Å². The van der Waals surface area contributed by atoms with Gasteiger partial charge in [0.2, 0.25) is 5.91 Å². The van der Waals surface area contributed by atoms with E-state index in [1.54, 1.807) is 30.5 Å². The number of hydrogen-bond acceptors (Lipinski definition) is 5. The molecule has 1 spiro atoms. The molecule has 8 rings (SSSR count). The van der Waals surface area contributed by atoms with Crippen LogP contribution in [0.2, 0.25) is 0 Å². The third-order valence-electron chi connectivity index (χ3n) is 9.28. The van der Waals surface area contributed by atoms with Crippen molar-refractivity contribution < 1.29 is 14.4 Å². The molecule has 43 heavy (non-hydrogen) atoms. The smallest absolute Gasteiger partial charge is 0.238 e. The van der Waals surface area contributed by atoms with Gasteiger partial charge < -0.3 is 10.2 Å². The summed E-state index contributed by atoms with van der Waals surface area (Å²) in [5.41, 5.74) is 4.34. The van der Waals surface area contributed by atoms with E-state index in [1.165, 1.54) is 0 Å². The van der Waals surface area contributed by atoms with E-state index >= 15 is 0 Å². The molecule has 4 atom stereocenters. The summed E-state index contributed by atoms with van der Waals surface area (Å²) in [4.78, 5) is 51.2. The minimum Gasteiger partial charge on any atom is -0.350 e. The maximum Gasteiger partial charge on any atom is 0.238 e. The van der Waals surface area contributed by atoms with Crippen LogP contribution < -0.4 is 10.2 Å². The molecule has 1 N–H and O–H groups in total. The Morgan fingerprint density at radius 1 is 0.837 bits per heavy atom. The van der Waals surface area contributed by atoms with Crippen LogP contribution in [0.5, 0.6) is 0 Å². The van der Waals surface area contributed by atoms with Gasteiger partial charge in [-0.1, -0.05) is 109 Å². The van der Waals surface area contributed by atoms with Gasteiger partial charge in [-0.2, -0.15) is 0 Å². The maximum atomic E-state index is 14.9. The van der Waals surface area contributed by atoms with Crippen LogP contribution in [-0.4, -0.2) is 34.5 Å². The molecule has 1 saturated heterocycles. The molecule has 208 valence electrons. The van der Waals surface area contributed by atoms with Crippen molar-refractivity contribution in [3.63, 3.8) is 0 Å². The molecule has 1 unspecified atom stereocenters. The predicted octanol–water partition coefficient (Wildman–Crippen LogP) is 6.40. The lowest BCUT2D eigenvalue weighted by Gasteiger charge is -2.38. The number of rotatable bonds is 4. The van der Waals surface area contributed by atoms with E-state index in [0.717, 1.165) is 33.3 Å². The molecule has 1 fully saturated rings. The van der Waals surface area contributed by atoms with Crippen LogP contribution in [0.15, 0.2) is 115 Å². The van der Waals surface area contributed by atoms with Crippen molar-refractivity contribution >= 4 is 45.8 Å². The van der Waals surface area contributed by atoms with Crippen LogP contribution in [-0.2, 0) is 10.2 Å². The molecule has 1 amide bonds. The minimum absolute atomic E-state index is 0.208. The van der Waals surface area contributed by atoms with Crippen LogP contribution in [0.4, 0.5) is 11.4 Å². The van der Waals surface area contributed by atoms with Gasteiger partial charge in [-0.05, 0) is 30.2 Å². The number of pyridine rings is 1. The van der Waals surface area contributed by atoms with Gasteiger partial charge in [0.25, 0.3) is 0 Å². The third kappa shape index (κ3) is 3.47. The number of amides is 1. The molecule has 4 heterocycles. The van der Waals surface area contributed by atoms with E-state index < -0.39 is 23.4 Å². The lowest BCUT2D eigenvalue weighted by molar-refractivity contribution is -0.121. The second kappa shape index (κ2) is 9.33. The highest BCUT2D eigenvalue weighted by Crippen LogP contribution is 2.59. The topological polar surface area (TPSA) is 79.4 Å². The van der Waals surface area contributed by atoms with Gasteiger partial charge in [0.15, 0.2) is 11.6 Å². The Morgan fingerprint density at radius 2 is 1.56 bits per heavy atom. The highest BCUT2D eigenvalue weighted by atomic mass is 16.2. The fraction of sp³-hybridized carbons (Fsp3) is 0.135. The molecule has 3 aliphatic rings. The highest BCUT2D eigenvalue weighted by Gasteiger charge is 2.70. The molecule has 4 aromatic carbocycles. The van der Waals surface area contributed by atoms with Crippen LogP contribution >= 0.6 is 0 Å². The van der Waals surface area contributed by atoms with Gasteiger partial charge in [0.1, 0.15) is 11.5 Å². The Bertz CT molecular complexity index is 2000. The lowest BCUT2D eigenvalue weighted by Crippen LogP contribution is -2.51. The number of ketones is 2. The van der Waals surface area contributed by atoms with Crippen molar-refractivity contribution in [2.45, 2.75) is 24.4 Å². The molecule has 3 aliphatic heterocycles. The number of nitrogens with zero attached hydrogens (tertiary/aromatic N) is 2. The Morgan fingerprint density at radius 3 is 2.30 bits per heavy atom. The quantitative estimate of drug-likeness (QED) is 0.257. The van der Waals surface area contributed by atoms with Crippen molar-refractivity contribution in [3.05, 3.63) is 143 Å². The summed E-state index contributed by atoms with van der Waals surface area (Å²) in [5.74, 6) is -1.75. The number of hydrogen-bond donors (Lipinski definition) is 1. The van der Waals surface area contributed by atoms with Crippen LogP contribution in [0.25, 0.3) is 17.0 Å². The molecule has 0 radical (unpaired) electrons. The molecule has 0 aliphatic carbocycles. The SMILES string of the molecule is Cc1ccc2c(c1)[C@]1(C(=O)N2)C2C=Cc3ccc4cccnc4c3N2[C@@H](C(=O)c2ccccc2)[C@@H]1C(=O)c1ccccc1. The number of nitrogens with one attached hydrogen (secondary N) is 1. The van der Waals surface area contributed by atoms with Gasteiger partial charge in [-0.3, -0.25) is 19.4 Å². The summed E-state index contributed by atoms with van der Waals surface area (Å²) >= 11 is 0. The average molecular weight is 562 g/mol. The molecule has 5 aromatic rings. The Kier molecular flexibility index (Phi) is 5.50. The van der Waals surface area contributed by atoms with Gasteiger partial charge >= 0.3 is 0 Å². The second-order valence-electron chi connectivity index (χ2n) is 11.5. The Labute approximate surface area is 248 Å². The van der Waals surface area contributed by atoms with Gasteiger partial charge in [0.05, 0.1) is 23.2 Å². The molecule has 0 bridgehead atoms. The number of aryl methyl sites for hydroxylation is 1. The van der Waals surface area contributed by atoms with Gasteiger partial charge in [-0.25, -0.2) is 0 Å². The monoisotopic (exact) mass is 561 g/mol. The zero-order valence-electron chi connectivity index (χ0n) is 23.4. The first-order chi connectivity index (χ1) is 21.0. The van der Waals surface area contributed by atoms with Crippen molar-refractivity contribution in [3.8, 4) is 0 Å². The zero-order valence-corrected chi connectivity index (χ0v) is 23.4. The minimum atomic E-state index is -1.37. The van der Waals surface area contributed by atoms with Crippen LogP contribution in [0, 0.1) is 12.8 Å². The lowest BCUT2D eigenvalue weighted by atomic mass is 9.64. The molecule has 0 saturated carbocycles. The fourth-order valence-corrected chi connectivity index (χ4v) is 7.50. The van der Waals surface area contributed by atoms with E-state index in [2.05, 4.69) is 5.32 Å². The first-order valence-electron chi connectivity index (χ1n) is 14.5. The van der Waals surface area contributed by atoms with E-state index in [0.29, 0.717) is 16.8 Å². The number of benzene rings is 4. The molecular formula is C37H27N3O3. The van der Waals surface area contributed by atoms with Crippen molar-refractivity contribution in [2.75, 3.05) is 10.2 Å². The average Bonchev–Trinajstić information content (AvgIpc) is 3.52. The summed E-state index contributed by atoms with van der Waals surface area (Å²) in [6.07, 6.45) is 5.74. The fourth-order valence-electron chi connectivity index (χ4n) is 7.50. The predicted molar refractivity (Wildman–Crippen MR) is 167 cm³/mol. The normalized spacial score (nSPS) is 23.1. The number of carbonyl (C=O) groups excluding carboxylic acids is 3. The largest absolute Gasteiger partial charge is 0.350 e. The number of aromatic nitrogens is 1. The zero-order chi connectivity index (χ0) is 29.3. The molecule has 1 aromatic heterocycles. The molecule has 6 heteroatoms. The summed E-state index contributed by atoms with van der Waals surface area (Å²) in [6, 6.07) is 30.2. The standard InChI is InChI=1S/C37H27N3O3/c1-22-14-18-28-27(21-22)37(36(43)39-28)29-19-17-24-16-15-23-13-8-20-38-31(23)32(24)40(29)33(35(42)26-11-6-3-7-12-26)30(37)34(41)25-9-4-2-5-10-25/h2-21,29-30,33H,1H3,(H,39,43)/t29?,30-,33-,37+/m1/s1. The summed E-state index contributed by atoms with van der Waals surface area (Å²) in [6.45, 7) is 1.98. The van der Waals surface area contributed by atoms with Gasteiger partial charge in [-0.15, -0.1) is 0 Å². The summed E-state index contributed by atoms with van der Waals surface area (Å²) in [5, 5.41) is 4.03. The Hall–Kier alpha value is -5.36. The number of Topliss-reactive ketones (excluding diaryl/α,β-unsaturated/α-hetero) is 2. The first-order valence-corrected chi connectivity index (χ1v) is 14.5. The maximum absolute atomic E-state index is 14.9. The Balaban J connectivity index is 1.49. The number of carbonyl (C=O) groups is 3. The summed E-state index contributed by atoms with van der Waals surface area (Å²) in [7, 11) is 0. The van der Waals surface area contributed by atoms with E-state index in [1.807, 2.05) is 103 Å². The van der Waals surface area contributed by atoms with Crippen molar-refractivity contribution in [1.82, 2.24) is 4.98 Å². The molecule has 6 nitrogen and oxygen atoms in total. The first kappa shape index (κ1) is 25.4. The molecular weight excluding hydrogens is 534 g/mol.